The van der Waals surface area contributed by atoms with E-state index in [4.69, 9.17) is 27.9 Å². The lowest BCUT2D eigenvalue weighted by Gasteiger charge is -2.10. The van der Waals surface area contributed by atoms with Gasteiger partial charge in [-0.2, -0.15) is 0 Å². The molecule has 4 nitrogen and oxygen atoms in total. The van der Waals surface area contributed by atoms with Gasteiger partial charge in [-0.05, 0) is 24.5 Å². The second-order valence-corrected chi connectivity index (χ2v) is 4.83. The van der Waals surface area contributed by atoms with E-state index in [1.54, 1.807) is 12.1 Å². The van der Waals surface area contributed by atoms with Crippen LogP contribution in [0.1, 0.15) is 18.9 Å². The SMILES string of the molecule is CCCNC(=O)NCCc1cc(Cl)c(OC)cc1Cl. The molecule has 0 heterocycles. The number of nitrogens with one attached hydrogen (secondary N) is 2. The molecule has 0 saturated carbocycles. The molecule has 0 saturated heterocycles. The van der Waals surface area contributed by atoms with E-state index in [1.807, 2.05) is 6.92 Å². The minimum atomic E-state index is -0.169. The van der Waals surface area contributed by atoms with E-state index in [9.17, 15) is 4.79 Å². The van der Waals surface area contributed by atoms with Crippen molar-refractivity contribution in [3.8, 4) is 5.75 Å². The Balaban J connectivity index is 2.49. The lowest BCUT2D eigenvalue weighted by atomic mass is 10.1. The predicted octanol–water partition coefficient (Wildman–Crippen LogP) is 3.25. The van der Waals surface area contributed by atoms with Crippen LogP contribution in [0, 0.1) is 0 Å². The Morgan fingerprint density at radius 3 is 2.53 bits per heavy atom. The highest BCUT2D eigenvalue weighted by Gasteiger charge is 2.08. The van der Waals surface area contributed by atoms with Gasteiger partial charge in [-0.25, -0.2) is 4.79 Å². The Labute approximate surface area is 123 Å². The normalized spacial score (nSPS) is 10.1. The van der Waals surface area contributed by atoms with Gasteiger partial charge in [-0.1, -0.05) is 30.1 Å². The zero-order chi connectivity index (χ0) is 14.3. The minimum absolute atomic E-state index is 0.169. The summed E-state index contributed by atoms with van der Waals surface area (Å²) < 4.78 is 5.07. The zero-order valence-corrected chi connectivity index (χ0v) is 12.6. The van der Waals surface area contributed by atoms with E-state index in [-0.39, 0.29) is 6.03 Å². The van der Waals surface area contributed by atoms with E-state index in [1.165, 1.54) is 7.11 Å². The van der Waals surface area contributed by atoms with Crippen molar-refractivity contribution in [1.82, 2.24) is 10.6 Å². The standard InChI is InChI=1S/C13H18Cl2N2O2/c1-3-5-16-13(18)17-6-4-9-7-11(15)12(19-2)8-10(9)14/h7-8H,3-6H2,1-2H3,(H2,16,17,18). The van der Waals surface area contributed by atoms with Crippen molar-refractivity contribution in [2.45, 2.75) is 19.8 Å². The van der Waals surface area contributed by atoms with Gasteiger partial charge in [0.2, 0.25) is 0 Å². The maximum Gasteiger partial charge on any atom is 0.314 e. The minimum Gasteiger partial charge on any atom is -0.495 e. The van der Waals surface area contributed by atoms with Gasteiger partial charge in [0.05, 0.1) is 12.1 Å². The van der Waals surface area contributed by atoms with Gasteiger partial charge in [-0.15, -0.1) is 0 Å². The molecule has 0 aromatic heterocycles. The number of ether oxygens (including phenoxy) is 1. The number of benzene rings is 1. The number of hydrogen-bond acceptors (Lipinski definition) is 2. The number of carbonyl (C=O) groups is 1. The molecule has 0 radical (unpaired) electrons. The second-order valence-electron chi connectivity index (χ2n) is 4.01. The first kappa shape index (κ1) is 15.9. The number of halogens is 2. The number of amides is 2. The van der Waals surface area contributed by atoms with Crippen LogP contribution in [0.25, 0.3) is 0 Å². The molecule has 0 aliphatic rings. The molecule has 2 N–H and O–H groups in total. The monoisotopic (exact) mass is 304 g/mol. The number of methoxy groups -OCH3 is 1. The summed E-state index contributed by atoms with van der Waals surface area (Å²) in [5.41, 5.74) is 0.878. The molecule has 0 aliphatic carbocycles. The first-order chi connectivity index (χ1) is 9.08. The number of carbonyl (C=O) groups excluding carboxylic acids is 1. The third-order valence-corrected chi connectivity index (χ3v) is 3.18. The topological polar surface area (TPSA) is 50.4 Å². The summed E-state index contributed by atoms with van der Waals surface area (Å²) in [6, 6.07) is 3.27. The molecule has 0 aliphatic heterocycles. The van der Waals surface area contributed by atoms with Crippen LogP contribution in [0.15, 0.2) is 12.1 Å². The van der Waals surface area contributed by atoms with E-state index in [2.05, 4.69) is 10.6 Å². The van der Waals surface area contributed by atoms with Gasteiger partial charge >= 0.3 is 6.03 Å². The van der Waals surface area contributed by atoms with Crippen LogP contribution in [-0.2, 0) is 6.42 Å². The highest BCUT2D eigenvalue weighted by Crippen LogP contribution is 2.30. The van der Waals surface area contributed by atoms with Crippen molar-refractivity contribution in [3.63, 3.8) is 0 Å². The average Bonchev–Trinajstić information content (AvgIpc) is 2.39. The fourth-order valence-electron chi connectivity index (χ4n) is 1.53. The van der Waals surface area contributed by atoms with Gasteiger partial charge in [0.15, 0.2) is 0 Å². The van der Waals surface area contributed by atoms with Crippen LogP contribution in [-0.4, -0.2) is 26.2 Å². The molecular formula is C13H18Cl2N2O2. The van der Waals surface area contributed by atoms with Gasteiger partial charge in [0.1, 0.15) is 5.75 Å². The summed E-state index contributed by atoms with van der Waals surface area (Å²) in [4.78, 5) is 11.3. The van der Waals surface area contributed by atoms with Gasteiger partial charge in [0, 0.05) is 24.2 Å². The van der Waals surface area contributed by atoms with Crippen molar-refractivity contribution in [2.24, 2.45) is 0 Å². The Morgan fingerprint density at radius 2 is 1.89 bits per heavy atom. The molecule has 0 fully saturated rings. The predicted molar refractivity (Wildman–Crippen MR) is 78.4 cm³/mol. The Kier molecular flexibility index (Phi) is 6.81. The van der Waals surface area contributed by atoms with Crippen LogP contribution in [0.2, 0.25) is 10.0 Å². The third-order valence-electron chi connectivity index (χ3n) is 2.54. The maximum atomic E-state index is 11.3. The fraction of sp³-hybridized carbons (Fsp3) is 0.462. The Hall–Kier alpha value is -1.13. The summed E-state index contributed by atoms with van der Waals surface area (Å²) in [6.07, 6.45) is 1.52. The molecule has 0 atom stereocenters. The molecule has 106 valence electrons. The quantitative estimate of drug-likeness (QED) is 0.847. The molecule has 1 rings (SSSR count). The molecule has 0 bridgehead atoms. The summed E-state index contributed by atoms with van der Waals surface area (Å²) >= 11 is 12.1. The van der Waals surface area contributed by atoms with Crippen LogP contribution in [0.3, 0.4) is 0 Å². The first-order valence-corrected chi connectivity index (χ1v) is 6.87. The number of rotatable bonds is 6. The highest BCUT2D eigenvalue weighted by atomic mass is 35.5. The van der Waals surface area contributed by atoms with Gasteiger partial charge in [-0.3, -0.25) is 0 Å². The summed E-state index contributed by atoms with van der Waals surface area (Å²) in [5, 5.41) is 6.58. The van der Waals surface area contributed by atoms with Crippen molar-refractivity contribution in [1.29, 1.82) is 0 Å². The smallest absolute Gasteiger partial charge is 0.314 e. The molecule has 1 aromatic carbocycles. The van der Waals surface area contributed by atoms with E-state index in [0.29, 0.717) is 35.3 Å². The van der Waals surface area contributed by atoms with E-state index >= 15 is 0 Å². The molecule has 6 heteroatoms. The highest BCUT2D eigenvalue weighted by molar-refractivity contribution is 6.34. The Bertz CT molecular complexity index is 439. The van der Waals surface area contributed by atoms with Crippen molar-refractivity contribution >= 4 is 29.2 Å². The van der Waals surface area contributed by atoms with Gasteiger partial charge in [0.25, 0.3) is 0 Å². The largest absolute Gasteiger partial charge is 0.495 e. The molecular weight excluding hydrogens is 287 g/mol. The van der Waals surface area contributed by atoms with Crippen LogP contribution >= 0.6 is 23.2 Å². The molecule has 0 unspecified atom stereocenters. The summed E-state index contributed by atoms with van der Waals surface area (Å²) in [5.74, 6) is 0.545. The zero-order valence-electron chi connectivity index (χ0n) is 11.1. The van der Waals surface area contributed by atoms with Crippen molar-refractivity contribution < 1.29 is 9.53 Å². The van der Waals surface area contributed by atoms with Crippen LogP contribution < -0.4 is 15.4 Å². The van der Waals surface area contributed by atoms with Crippen LogP contribution in [0.5, 0.6) is 5.75 Å². The molecule has 2 amide bonds. The van der Waals surface area contributed by atoms with E-state index < -0.39 is 0 Å². The fourth-order valence-corrected chi connectivity index (χ4v) is 2.04. The van der Waals surface area contributed by atoms with E-state index in [0.717, 1.165) is 12.0 Å². The van der Waals surface area contributed by atoms with Crippen molar-refractivity contribution in [2.75, 3.05) is 20.2 Å². The number of hydrogen-bond donors (Lipinski definition) is 2. The summed E-state index contributed by atoms with van der Waals surface area (Å²) in [6.45, 7) is 3.16. The summed E-state index contributed by atoms with van der Waals surface area (Å²) in [7, 11) is 1.54. The van der Waals surface area contributed by atoms with Gasteiger partial charge < -0.3 is 15.4 Å². The molecule has 1 aromatic rings. The lowest BCUT2D eigenvalue weighted by Crippen LogP contribution is -2.36. The average molecular weight is 305 g/mol. The Morgan fingerprint density at radius 1 is 1.21 bits per heavy atom. The first-order valence-electron chi connectivity index (χ1n) is 6.12. The second kappa shape index (κ2) is 8.12. The lowest BCUT2D eigenvalue weighted by molar-refractivity contribution is 0.241. The third kappa shape index (κ3) is 5.17. The molecule has 19 heavy (non-hydrogen) atoms. The number of urea groups is 1. The maximum absolute atomic E-state index is 11.3. The van der Waals surface area contributed by atoms with Crippen LogP contribution in [0.4, 0.5) is 4.79 Å². The molecule has 0 spiro atoms. The van der Waals surface area contributed by atoms with Crippen molar-refractivity contribution in [3.05, 3.63) is 27.7 Å².